The zero-order valence-electron chi connectivity index (χ0n) is 11.3. The third-order valence-corrected chi connectivity index (χ3v) is 4.82. The number of halogens is 1. The SMILES string of the molecule is CNC(CCN(C)C1CCC1)c1ccccc1Br. The molecule has 0 heterocycles. The quantitative estimate of drug-likeness (QED) is 0.864. The lowest BCUT2D eigenvalue weighted by Crippen LogP contribution is -2.38. The van der Waals surface area contributed by atoms with E-state index >= 15 is 0 Å². The van der Waals surface area contributed by atoms with Gasteiger partial charge in [-0.1, -0.05) is 40.5 Å². The minimum absolute atomic E-state index is 0.433. The molecule has 1 aliphatic rings. The molecule has 0 amide bonds. The van der Waals surface area contributed by atoms with Crippen LogP contribution in [0, 0.1) is 0 Å². The molecule has 1 aromatic rings. The van der Waals surface area contributed by atoms with Gasteiger partial charge in [-0.3, -0.25) is 0 Å². The van der Waals surface area contributed by atoms with E-state index in [0.717, 1.165) is 19.0 Å². The first-order chi connectivity index (χ1) is 8.72. The summed E-state index contributed by atoms with van der Waals surface area (Å²) in [5.41, 5.74) is 1.36. The van der Waals surface area contributed by atoms with E-state index in [2.05, 4.69) is 57.5 Å². The van der Waals surface area contributed by atoms with Crippen LogP contribution in [-0.2, 0) is 0 Å². The Morgan fingerprint density at radius 2 is 2.11 bits per heavy atom. The van der Waals surface area contributed by atoms with Crippen LogP contribution in [0.4, 0.5) is 0 Å². The average molecular weight is 311 g/mol. The summed E-state index contributed by atoms with van der Waals surface area (Å²) in [6, 6.07) is 9.77. The third-order valence-electron chi connectivity index (χ3n) is 4.10. The predicted octanol–water partition coefficient (Wildman–Crippen LogP) is 3.58. The standard InChI is InChI=1S/C15H23BrN2/c1-17-15(13-8-3-4-9-14(13)16)10-11-18(2)12-6-5-7-12/h3-4,8-9,12,15,17H,5-7,10-11H2,1-2H3. The Morgan fingerprint density at radius 1 is 1.39 bits per heavy atom. The lowest BCUT2D eigenvalue weighted by Gasteiger charge is -2.35. The molecule has 100 valence electrons. The molecule has 3 heteroatoms. The van der Waals surface area contributed by atoms with Crippen LogP contribution in [0.3, 0.4) is 0 Å². The lowest BCUT2D eigenvalue weighted by atomic mass is 9.91. The highest BCUT2D eigenvalue weighted by Gasteiger charge is 2.22. The molecule has 1 unspecified atom stereocenters. The number of hydrogen-bond donors (Lipinski definition) is 1. The zero-order valence-corrected chi connectivity index (χ0v) is 12.9. The van der Waals surface area contributed by atoms with Gasteiger partial charge >= 0.3 is 0 Å². The van der Waals surface area contributed by atoms with E-state index in [1.54, 1.807) is 0 Å². The summed E-state index contributed by atoms with van der Waals surface area (Å²) in [6.45, 7) is 1.16. The monoisotopic (exact) mass is 310 g/mol. The largest absolute Gasteiger partial charge is 0.313 e. The number of nitrogens with one attached hydrogen (secondary N) is 1. The van der Waals surface area contributed by atoms with Crippen LogP contribution < -0.4 is 5.32 Å². The molecule has 0 radical (unpaired) electrons. The Labute approximate surface area is 119 Å². The summed E-state index contributed by atoms with van der Waals surface area (Å²) in [6.07, 6.45) is 5.34. The fourth-order valence-electron chi connectivity index (χ4n) is 2.56. The van der Waals surface area contributed by atoms with Gasteiger partial charge in [-0.15, -0.1) is 0 Å². The number of nitrogens with zero attached hydrogens (tertiary/aromatic N) is 1. The van der Waals surface area contributed by atoms with Crippen LogP contribution in [0.2, 0.25) is 0 Å². The molecule has 0 saturated heterocycles. The highest BCUT2D eigenvalue weighted by molar-refractivity contribution is 9.10. The van der Waals surface area contributed by atoms with Crippen LogP contribution in [-0.4, -0.2) is 31.6 Å². The fourth-order valence-corrected chi connectivity index (χ4v) is 3.12. The molecule has 0 aliphatic heterocycles. The fraction of sp³-hybridized carbons (Fsp3) is 0.600. The molecule has 0 spiro atoms. The van der Waals surface area contributed by atoms with Gasteiger partial charge < -0.3 is 10.2 Å². The molecule has 0 bridgehead atoms. The number of hydrogen-bond acceptors (Lipinski definition) is 2. The van der Waals surface area contributed by atoms with Crippen molar-refractivity contribution in [2.45, 2.75) is 37.8 Å². The molecule has 1 fully saturated rings. The summed E-state index contributed by atoms with van der Waals surface area (Å²) in [4.78, 5) is 2.52. The lowest BCUT2D eigenvalue weighted by molar-refractivity contribution is 0.153. The van der Waals surface area contributed by atoms with Gasteiger partial charge in [0.15, 0.2) is 0 Å². The van der Waals surface area contributed by atoms with E-state index < -0.39 is 0 Å². The predicted molar refractivity (Wildman–Crippen MR) is 80.8 cm³/mol. The van der Waals surface area contributed by atoms with Gasteiger partial charge in [-0.25, -0.2) is 0 Å². The molecule has 18 heavy (non-hydrogen) atoms. The van der Waals surface area contributed by atoms with Crippen molar-refractivity contribution in [2.24, 2.45) is 0 Å². The van der Waals surface area contributed by atoms with Crippen molar-refractivity contribution in [3.8, 4) is 0 Å². The van der Waals surface area contributed by atoms with E-state index in [4.69, 9.17) is 0 Å². The molecule has 1 aliphatic carbocycles. The summed E-state index contributed by atoms with van der Waals surface area (Å²) in [5.74, 6) is 0. The molecule has 2 rings (SSSR count). The van der Waals surface area contributed by atoms with Crippen molar-refractivity contribution in [2.75, 3.05) is 20.6 Å². The molecular formula is C15H23BrN2. The summed E-state index contributed by atoms with van der Waals surface area (Å²) < 4.78 is 1.20. The van der Waals surface area contributed by atoms with Gasteiger partial charge in [-0.2, -0.15) is 0 Å². The zero-order chi connectivity index (χ0) is 13.0. The van der Waals surface area contributed by atoms with Crippen molar-refractivity contribution in [3.63, 3.8) is 0 Å². The van der Waals surface area contributed by atoms with Crippen molar-refractivity contribution in [1.82, 2.24) is 10.2 Å². The highest BCUT2D eigenvalue weighted by atomic mass is 79.9. The van der Waals surface area contributed by atoms with Gasteiger partial charge in [-0.05, 0) is 51.5 Å². The number of benzene rings is 1. The van der Waals surface area contributed by atoms with E-state index in [-0.39, 0.29) is 0 Å². The second kappa shape index (κ2) is 6.69. The van der Waals surface area contributed by atoms with Gasteiger partial charge in [0.25, 0.3) is 0 Å². The van der Waals surface area contributed by atoms with Gasteiger partial charge in [0.05, 0.1) is 0 Å². The van der Waals surface area contributed by atoms with Crippen molar-refractivity contribution >= 4 is 15.9 Å². The van der Waals surface area contributed by atoms with Crippen LogP contribution in [0.15, 0.2) is 28.7 Å². The minimum atomic E-state index is 0.433. The van der Waals surface area contributed by atoms with E-state index in [9.17, 15) is 0 Å². The van der Waals surface area contributed by atoms with E-state index in [0.29, 0.717) is 6.04 Å². The molecule has 1 atom stereocenters. The Balaban J connectivity index is 1.91. The topological polar surface area (TPSA) is 15.3 Å². The minimum Gasteiger partial charge on any atom is -0.313 e. The van der Waals surface area contributed by atoms with E-state index in [1.165, 1.54) is 29.3 Å². The Morgan fingerprint density at radius 3 is 2.67 bits per heavy atom. The smallest absolute Gasteiger partial charge is 0.0340 e. The molecule has 0 aromatic heterocycles. The molecule has 1 saturated carbocycles. The van der Waals surface area contributed by atoms with Crippen molar-refractivity contribution in [1.29, 1.82) is 0 Å². The Bertz CT molecular complexity index is 377. The maximum Gasteiger partial charge on any atom is 0.0340 e. The van der Waals surface area contributed by atoms with Gasteiger partial charge in [0, 0.05) is 16.6 Å². The van der Waals surface area contributed by atoms with Crippen LogP contribution in [0.1, 0.15) is 37.3 Å². The summed E-state index contributed by atoms with van der Waals surface area (Å²) >= 11 is 3.64. The molecule has 1 N–H and O–H groups in total. The molecule has 1 aromatic carbocycles. The maximum atomic E-state index is 3.64. The second-order valence-electron chi connectivity index (χ2n) is 5.22. The third kappa shape index (κ3) is 3.34. The normalized spacial score (nSPS) is 17.8. The Hall–Kier alpha value is -0.380. The molecule has 2 nitrogen and oxygen atoms in total. The second-order valence-corrected chi connectivity index (χ2v) is 6.07. The van der Waals surface area contributed by atoms with Gasteiger partial charge in [0.2, 0.25) is 0 Å². The first-order valence-electron chi connectivity index (χ1n) is 6.84. The maximum absolute atomic E-state index is 3.64. The van der Waals surface area contributed by atoms with Crippen molar-refractivity contribution < 1.29 is 0 Å². The summed E-state index contributed by atoms with van der Waals surface area (Å²) in [7, 11) is 4.31. The van der Waals surface area contributed by atoms with Crippen LogP contribution in [0.25, 0.3) is 0 Å². The molecular weight excluding hydrogens is 288 g/mol. The van der Waals surface area contributed by atoms with Gasteiger partial charge in [0.1, 0.15) is 0 Å². The van der Waals surface area contributed by atoms with Crippen LogP contribution >= 0.6 is 15.9 Å². The summed E-state index contributed by atoms with van der Waals surface area (Å²) in [5, 5.41) is 3.43. The van der Waals surface area contributed by atoms with Crippen LogP contribution in [0.5, 0.6) is 0 Å². The first-order valence-corrected chi connectivity index (χ1v) is 7.63. The highest BCUT2D eigenvalue weighted by Crippen LogP contribution is 2.27. The first kappa shape index (κ1) is 14.0. The average Bonchev–Trinajstić information content (AvgIpc) is 2.29. The number of rotatable bonds is 6. The van der Waals surface area contributed by atoms with E-state index in [1.807, 2.05) is 7.05 Å². The van der Waals surface area contributed by atoms with Crippen molar-refractivity contribution in [3.05, 3.63) is 34.3 Å². The Kier molecular flexibility index (Phi) is 5.22.